The molecule has 2 aromatic carbocycles. The van der Waals surface area contributed by atoms with Gasteiger partial charge in [0.25, 0.3) is 5.91 Å². The Kier molecular flexibility index (Phi) is 6.01. The van der Waals surface area contributed by atoms with E-state index in [1.807, 2.05) is 18.2 Å². The van der Waals surface area contributed by atoms with E-state index in [2.05, 4.69) is 16.3 Å². The summed E-state index contributed by atoms with van der Waals surface area (Å²) < 4.78 is 18.2. The zero-order valence-corrected chi connectivity index (χ0v) is 14.2. The first kappa shape index (κ1) is 17.4. The minimum atomic E-state index is -0.327. The van der Waals surface area contributed by atoms with E-state index in [1.54, 1.807) is 0 Å². The summed E-state index contributed by atoms with van der Waals surface area (Å²) in [6.45, 7) is 3.62. The summed E-state index contributed by atoms with van der Waals surface area (Å²) in [6, 6.07) is 13.8. The third kappa shape index (κ3) is 5.29. The lowest BCUT2D eigenvalue weighted by Gasteiger charge is -2.17. The molecular formula is C20H23FN2O2. The number of carbonyl (C=O) groups excluding carboxylic acids is 1. The molecule has 0 aromatic heterocycles. The van der Waals surface area contributed by atoms with E-state index in [-0.39, 0.29) is 18.3 Å². The van der Waals surface area contributed by atoms with Crippen LogP contribution in [-0.4, -0.2) is 30.5 Å². The first-order valence-corrected chi connectivity index (χ1v) is 8.65. The largest absolute Gasteiger partial charge is 0.484 e. The van der Waals surface area contributed by atoms with Crippen LogP contribution in [0.2, 0.25) is 0 Å². The average molecular weight is 342 g/mol. The molecule has 0 atom stereocenters. The fourth-order valence-electron chi connectivity index (χ4n) is 2.99. The zero-order valence-electron chi connectivity index (χ0n) is 14.2. The standard InChI is InChI=1S/C20H23FN2O2/c21-18-7-9-19(10-8-18)25-15-20(24)22-13-16-5-1-2-6-17(16)14-23-11-3-4-12-23/h1-2,5-10H,3-4,11-15H2,(H,22,24). The normalized spacial score (nSPS) is 14.4. The molecule has 132 valence electrons. The monoisotopic (exact) mass is 342 g/mol. The van der Waals surface area contributed by atoms with Crippen LogP contribution in [0.3, 0.4) is 0 Å². The molecule has 1 heterocycles. The lowest BCUT2D eigenvalue weighted by molar-refractivity contribution is -0.123. The number of hydrogen-bond acceptors (Lipinski definition) is 3. The number of nitrogens with one attached hydrogen (secondary N) is 1. The van der Waals surface area contributed by atoms with Crippen LogP contribution < -0.4 is 10.1 Å². The summed E-state index contributed by atoms with van der Waals surface area (Å²) in [4.78, 5) is 14.4. The Morgan fingerprint density at radius 1 is 1.04 bits per heavy atom. The fourth-order valence-corrected chi connectivity index (χ4v) is 2.99. The molecule has 1 aliphatic heterocycles. The zero-order chi connectivity index (χ0) is 17.5. The maximum Gasteiger partial charge on any atom is 0.258 e. The van der Waals surface area contributed by atoms with Crippen LogP contribution in [0.25, 0.3) is 0 Å². The van der Waals surface area contributed by atoms with Gasteiger partial charge in [0.05, 0.1) is 0 Å². The van der Waals surface area contributed by atoms with Crippen LogP contribution in [0, 0.1) is 5.82 Å². The van der Waals surface area contributed by atoms with Gasteiger partial charge in [0.2, 0.25) is 0 Å². The van der Waals surface area contributed by atoms with Crippen molar-refractivity contribution in [1.29, 1.82) is 0 Å². The van der Waals surface area contributed by atoms with E-state index >= 15 is 0 Å². The van der Waals surface area contributed by atoms with Crippen LogP contribution in [0.5, 0.6) is 5.75 Å². The van der Waals surface area contributed by atoms with Gasteiger partial charge < -0.3 is 10.1 Å². The van der Waals surface area contributed by atoms with Crippen LogP contribution in [0.1, 0.15) is 24.0 Å². The van der Waals surface area contributed by atoms with Crippen molar-refractivity contribution in [3.05, 3.63) is 65.5 Å². The van der Waals surface area contributed by atoms with Gasteiger partial charge in [-0.25, -0.2) is 4.39 Å². The fraction of sp³-hybridized carbons (Fsp3) is 0.350. The summed E-state index contributed by atoms with van der Waals surface area (Å²) in [5, 5.41) is 2.89. The third-order valence-corrected chi connectivity index (χ3v) is 4.37. The van der Waals surface area contributed by atoms with E-state index in [0.717, 1.165) is 25.2 Å². The van der Waals surface area contributed by atoms with Gasteiger partial charge in [-0.05, 0) is 61.3 Å². The highest BCUT2D eigenvalue weighted by atomic mass is 19.1. The molecule has 0 saturated carbocycles. The van der Waals surface area contributed by atoms with E-state index in [9.17, 15) is 9.18 Å². The Hall–Kier alpha value is -2.40. The number of amides is 1. The Morgan fingerprint density at radius 3 is 2.44 bits per heavy atom. The number of nitrogens with zero attached hydrogens (tertiary/aromatic N) is 1. The molecule has 0 aliphatic carbocycles. The highest BCUT2D eigenvalue weighted by molar-refractivity contribution is 5.77. The minimum absolute atomic E-state index is 0.0834. The van der Waals surface area contributed by atoms with Crippen LogP contribution in [0.4, 0.5) is 4.39 Å². The Morgan fingerprint density at radius 2 is 1.72 bits per heavy atom. The van der Waals surface area contributed by atoms with Crippen LogP contribution in [0.15, 0.2) is 48.5 Å². The van der Waals surface area contributed by atoms with Crippen molar-refractivity contribution >= 4 is 5.91 Å². The number of likely N-dealkylation sites (tertiary alicyclic amines) is 1. The summed E-state index contributed by atoms with van der Waals surface area (Å²) in [7, 11) is 0. The van der Waals surface area contributed by atoms with Crippen molar-refractivity contribution in [3.63, 3.8) is 0 Å². The summed E-state index contributed by atoms with van der Waals surface area (Å²) in [5.41, 5.74) is 2.38. The van der Waals surface area contributed by atoms with Gasteiger partial charge in [-0.2, -0.15) is 0 Å². The molecule has 25 heavy (non-hydrogen) atoms. The molecule has 0 unspecified atom stereocenters. The third-order valence-electron chi connectivity index (χ3n) is 4.37. The Bertz CT molecular complexity index is 697. The molecule has 1 amide bonds. The minimum Gasteiger partial charge on any atom is -0.484 e. The summed E-state index contributed by atoms with van der Waals surface area (Å²) in [6.07, 6.45) is 2.53. The van der Waals surface area contributed by atoms with Crippen LogP contribution in [-0.2, 0) is 17.9 Å². The van der Waals surface area contributed by atoms with E-state index in [4.69, 9.17) is 4.74 Å². The molecule has 0 radical (unpaired) electrons. The first-order valence-electron chi connectivity index (χ1n) is 8.65. The average Bonchev–Trinajstić information content (AvgIpc) is 3.13. The Balaban J connectivity index is 1.49. The maximum absolute atomic E-state index is 12.8. The van der Waals surface area contributed by atoms with Crippen molar-refractivity contribution in [2.75, 3.05) is 19.7 Å². The number of ether oxygens (including phenoxy) is 1. The maximum atomic E-state index is 12.8. The van der Waals surface area contributed by atoms with Crippen molar-refractivity contribution in [3.8, 4) is 5.75 Å². The molecule has 4 nitrogen and oxygen atoms in total. The number of halogens is 1. The predicted octanol–water partition coefficient (Wildman–Crippen LogP) is 3.12. The van der Waals surface area contributed by atoms with Crippen molar-refractivity contribution in [2.45, 2.75) is 25.9 Å². The van der Waals surface area contributed by atoms with Crippen molar-refractivity contribution in [1.82, 2.24) is 10.2 Å². The number of rotatable bonds is 7. The molecule has 1 aliphatic rings. The van der Waals surface area contributed by atoms with Gasteiger partial charge in [-0.3, -0.25) is 9.69 Å². The lowest BCUT2D eigenvalue weighted by atomic mass is 10.1. The van der Waals surface area contributed by atoms with Gasteiger partial charge in [-0.15, -0.1) is 0 Å². The molecular weight excluding hydrogens is 319 g/mol. The molecule has 3 rings (SSSR count). The van der Waals surface area contributed by atoms with Crippen molar-refractivity contribution < 1.29 is 13.9 Å². The SMILES string of the molecule is O=C(COc1ccc(F)cc1)NCc1ccccc1CN1CCCC1. The second-order valence-electron chi connectivity index (χ2n) is 6.27. The molecule has 5 heteroatoms. The van der Waals surface area contributed by atoms with Gasteiger partial charge in [0.1, 0.15) is 11.6 Å². The second-order valence-corrected chi connectivity index (χ2v) is 6.27. The van der Waals surface area contributed by atoms with Gasteiger partial charge in [0, 0.05) is 13.1 Å². The van der Waals surface area contributed by atoms with E-state index in [0.29, 0.717) is 12.3 Å². The summed E-state index contributed by atoms with van der Waals surface area (Å²) in [5.74, 6) is -0.0438. The topological polar surface area (TPSA) is 41.6 Å². The summed E-state index contributed by atoms with van der Waals surface area (Å²) >= 11 is 0. The predicted molar refractivity (Wildman–Crippen MR) is 94.7 cm³/mol. The second kappa shape index (κ2) is 8.62. The lowest BCUT2D eigenvalue weighted by Crippen LogP contribution is -2.29. The number of hydrogen-bond donors (Lipinski definition) is 1. The number of benzene rings is 2. The van der Waals surface area contributed by atoms with Gasteiger partial charge in [0.15, 0.2) is 6.61 Å². The molecule has 1 saturated heterocycles. The Labute approximate surface area is 147 Å². The van der Waals surface area contributed by atoms with Crippen molar-refractivity contribution in [2.24, 2.45) is 0 Å². The molecule has 1 fully saturated rings. The van der Waals surface area contributed by atoms with E-state index in [1.165, 1.54) is 42.7 Å². The highest BCUT2D eigenvalue weighted by Crippen LogP contribution is 2.16. The van der Waals surface area contributed by atoms with E-state index < -0.39 is 0 Å². The highest BCUT2D eigenvalue weighted by Gasteiger charge is 2.13. The number of carbonyl (C=O) groups is 1. The smallest absolute Gasteiger partial charge is 0.258 e. The molecule has 0 bridgehead atoms. The molecule has 1 N–H and O–H groups in total. The molecule has 2 aromatic rings. The molecule has 0 spiro atoms. The van der Waals surface area contributed by atoms with Crippen LogP contribution >= 0.6 is 0 Å². The quantitative estimate of drug-likeness (QED) is 0.841. The first-order chi connectivity index (χ1) is 12.2. The van der Waals surface area contributed by atoms with Gasteiger partial charge >= 0.3 is 0 Å². The van der Waals surface area contributed by atoms with Gasteiger partial charge in [-0.1, -0.05) is 24.3 Å².